The second-order valence-corrected chi connectivity index (χ2v) is 8.15. The van der Waals surface area contributed by atoms with Crippen LogP contribution in [-0.4, -0.2) is 32.0 Å². The molecule has 0 aliphatic heterocycles. The third-order valence-electron chi connectivity index (χ3n) is 6.07. The molecular formula is C22H21F3N6O. The average Bonchev–Trinajstić information content (AvgIpc) is 3.18. The summed E-state index contributed by atoms with van der Waals surface area (Å²) in [6, 6.07) is 3.57. The van der Waals surface area contributed by atoms with Gasteiger partial charge in [-0.25, -0.2) is 9.97 Å². The van der Waals surface area contributed by atoms with Crippen LogP contribution in [0.3, 0.4) is 0 Å². The van der Waals surface area contributed by atoms with Crippen LogP contribution in [-0.2, 0) is 6.18 Å². The summed E-state index contributed by atoms with van der Waals surface area (Å²) in [6.07, 6.45) is 4.15. The molecule has 7 nitrogen and oxygen atoms in total. The van der Waals surface area contributed by atoms with Crippen molar-refractivity contribution in [1.82, 2.24) is 19.9 Å². The molecule has 1 aliphatic carbocycles. The van der Waals surface area contributed by atoms with E-state index in [0.29, 0.717) is 38.9 Å². The van der Waals surface area contributed by atoms with Crippen molar-refractivity contribution in [1.29, 1.82) is 0 Å². The first-order chi connectivity index (χ1) is 15.3. The quantitative estimate of drug-likeness (QED) is 0.381. The van der Waals surface area contributed by atoms with E-state index in [4.69, 9.17) is 5.73 Å². The number of nitrogens with one attached hydrogen (secondary N) is 3. The van der Waals surface area contributed by atoms with Gasteiger partial charge in [0.15, 0.2) is 0 Å². The molecule has 4 aromatic rings. The highest BCUT2D eigenvalue weighted by molar-refractivity contribution is 6.03. The third-order valence-corrected chi connectivity index (χ3v) is 6.07. The molecule has 5 rings (SSSR count). The summed E-state index contributed by atoms with van der Waals surface area (Å²) in [4.78, 5) is 26.8. The predicted molar refractivity (Wildman–Crippen MR) is 116 cm³/mol. The molecule has 1 fully saturated rings. The summed E-state index contributed by atoms with van der Waals surface area (Å²) in [5.74, 6) is 0.367. The van der Waals surface area contributed by atoms with Crippen LogP contribution >= 0.6 is 0 Å². The summed E-state index contributed by atoms with van der Waals surface area (Å²) in [6.45, 7) is 0. The number of alkyl halides is 3. The second-order valence-electron chi connectivity index (χ2n) is 8.15. The van der Waals surface area contributed by atoms with Crippen molar-refractivity contribution >= 4 is 27.8 Å². The summed E-state index contributed by atoms with van der Waals surface area (Å²) >= 11 is 0. The number of hydrogen-bond acceptors (Lipinski definition) is 5. The Labute approximate surface area is 180 Å². The summed E-state index contributed by atoms with van der Waals surface area (Å²) in [7, 11) is 0. The molecule has 0 bridgehead atoms. The van der Waals surface area contributed by atoms with Crippen LogP contribution in [0.25, 0.3) is 32.9 Å². The Morgan fingerprint density at radius 1 is 1.06 bits per heavy atom. The molecule has 3 heterocycles. The lowest BCUT2D eigenvalue weighted by Gasteiger charge is -2.29. The van der Waals surface area contributed by atoms with Gasteiger partial charge in [-0.3, -0.25) is 4.79 Å². The zero-order valence-electron chi connectivity index (χ0n) is 17.0. The first kappa shape index (κ1) is 20.5. The molecule has 1 aliphatic rings. The van der Waals surface area contributed by atoms with E-state index in [0.717, 1.165) is 37.8 Å². The maximum atomic E-state index is 13.1. The number of aromatic amines is 2. The number of H-pyrrole nitrogens is 2. The molecule has 0 saturated heterocycles. The number of rotatable bonds is 3. The molecule has 0 amide bonds. The predicted octanol–water partition coefficient (Wildman–Crippen LogP) is 4.17. The smallest absolute Gasteiger partial charge is 0.361 e. The lowest BCUT2D eigenvalue weighted by atomic mass is 9.91. The Balaban J connectivity index is 1.61. The van der Waals surface area contributed by atoms with E-state index in [-0.39, 0.29) is 17.6 Å². The van der Waals surface area contributed by atoms with E-state index in [1.54, 1.807) is 6.20 Å². The average molecular weight is 442 g/mol. The highest BCUT2D eigenvalue weighted by Gasteiger charge is 2.31. The fourth-order valence-corrected chi connectivity index (χ4v) is 4.34. The van der Waals surface area contributed by atoms with Crippen LogP contribution in [0.4, 0.5) is 19.1 Å². The van der Waals surface area contributed by atoms with Gasteiger partial charge in [0, 0.05) is 52.7 Å². The number of hydrogen-bond donors (Lipinski definition) is 4. The second kappa shape index (κ2) is 7.63. The number of benzene rings is 1. The van der Waals surface area contributed by atoms with E-state index >= 15 is 0 Å². The van der Waals surface area contributed by atoms with Crippen LogP contribution in [0, 0.1) is 0 Å². The molecule has 1 saturated carbocycles. The number of aromatic nitrogens is 4. The van der Waals surface area contributed by atoms with Gasteiger partial charge in [0.2, 0.25) is 5.95 Å². The maximum Gasteiger partial charge on any atom is 0.416 e. The number of nitrogens with two attached hydrogens (primary N) is 1. The van der Waals surface area contributed by atoms with Gasteiger partial charge in [0.25, 0.3) is 5.56 Å². The molecule has 5 N–H and O–H groups in total. The van der Waals surface area contributed by atoms with Gasteiger partial charge in [0.1, 0.15) is 0 Å². The SMILES string of the molecule is N[C@@H]1CCCC[C@@H]1Nc1ncc2c(=O)[nH]cc(-c3c[nH]c4cc(C(F)(F)F)ccc34)c2n1. The van der Waals surface area contributed by atoms with Crippen molar-refractivity contribution in [3.8, 4) is 11.1 Å². The number of pyridine rings is 1. The molecule has 32 heavy (non-hydrogen) atoms. The summed E-state index contributed by atoms with van der Waals surface area (Å²) < 4.78 is 39.2. The third kappa shape index (κ3) is 3.60. The number of fused-ring (bicyclic) bond motifs is 2. The monoisotopic (exact) mass is 442 g/mol. The minimum absolute atomic E-state index is 0.00172. The Morgan fingerprint density at radius 2 is 1.84 bits per heavy atom. The normalized spacial score (nSPS) is 19.5. The number of halogens is 3. The van der Waals surface area contributed by atoms with Crippen LogP contribution in [0.5, 0.6) is 0 Å². The zero-order chi connectivity index (χ0) is 22.5. The van der Waals surface area contributed by atoms with Crippen LogP contribution in [0.2, 0.25) is 0 Å². The lowest BCUT2D eigenvalue weighted by molar-refractivity contribution is -0.137. The summed E-state index contributed by atoms with van der Waals surface area (Å²) in [5.41, 5.74) is 7.12. The van der Waals surface area contributed by atoms with Gasteiger partial charge in [-0.2, -0.15) is 13.2 Å². The largest absolute Gasteiger partial charge is 0.416 e. The Hall–Kier alpha value is -3.40. The van der Waals surface area contributed by atoms with Crippen LogP contribution in [0.15, 0.2) is 41.6 Å². The molecule has 2 atom stereocenters. The molecule has 0 spiro atoms. The van der Waals surface area contributed by atoms with Crippen molar-refractivity contribution in [2.75, 3.05) is 5.32 Å². The van der Waals surface area contributed by atoms with Crippen molar-refractivity contribution in [2.45, 2.75) is 43.9 Å². The minimum atomic E-state index is -4.43. The Morgan fingerprint density at radius 3 is 2.62 bits per heavy atom. The van der Waals surface area contributed by atoms with Crippen molar-refractivity contribution in [2.24, 2.45) is 5.73 Å². The first-order valence-electron chi connectivity index (χ1n) is 10.4. The molecule has 0 unspecified atom stereocenters. The molecular weight excluding hydrogens is 421 g/mol. The van der Waals surface area contributed by atoms with Crippen molar-refractivity contribution in [3.05, 3.63) is 52.7 Å². The van der Waals surface area contributed by atoms with E-state index in [1.165, 1.54) is 18.5 Å². The standard InChI is InChI=1S/C22H21F3N6O/c23-22(24,25)11-5-6-12-13(8-27-18(12)7-11)14-9-28-20(32)15-10-29-21(31-19(14)15)30-17-4-2-1-3-16(17)26/h5-10,16-17,27H,1-4,26H2,(H,28,32)(H,29,30,31)/t16-,17+/m1/s1. The molecule has 0 radical (unpaired) electrons. The van der Waals surface area contributed by atoms with Gasteiger partial charge >= 0.3 is 6.18 Å². The van der Waals surface area contributed by atoms with Gasteiger partial charge in [-0.1, -0.05) is 18.9 Å². The fraction of sp³-hybridized carbons (Fsp3) is 0.318. The fourth-order valence-electron chi connectivity index (χ4n) is 4.34. The number of anilines is 1. The van der Waals surface area contributed by atoms with Crippen molar-refractivity contribution < 1.29 is 13.2 Å². The first-order valence-corrected chi connectivity index (χ1v) is 10.4. The van der Waals surface area contributed by atoms with E-state index in [9.17, 15) is 18.0 Å². The summed E-state index contributed by atoms with van der Waals surface area (Å²) in [5, 5.41) is 4.17. The Kier molecular flexibility index (Phi) is 4.89. The minimum Gasteiger partial charge on any atom is -0.361 e. The van der Waals surface area contributed by atoms with E-state index in [1.807, 2.05) is 0 Å². The van der Waals surface area contributed by atoms with E-state index < -0.39 is 11.7 Å². The van der Waals surface area contributed by atoms with Gasteiger partial charge in [0.05, 0.1) is 16.5 Å². The van der Waals surface area contributed by atoms with E-state index in [2.05, 4.69) is 25.3 Å². The maximum absolute atomic E-state index is 13.1. The van der Waals surface area contributed by atoms with Gasteiger partial charge < -0.3 is 21.0 Å². The molecule has 3 aromatic heterocycles. The molecule has 10 heteroatoms. The van der Waals surface area contributed by atoms with Gasteiger partial charge in [-0.15, -0.1) is 0 Å². The highest BCUT2D eigenvalue weighted by atomic mass is 19.4. The van der Waals surface area contributed by atoms with Crippen LogP contribution < -0.4 is 16.6 Å². The highest BCUT2D eigenvalue weighted by Crippen LogP contribution is 2.36. The topological polar surface area (TPSA) is 112 Å². The molecule has 1 aromatic carbocycles. The van der Waals surface area contributed by atoms with Gasteiger partial charge in [-0.05, 0) is 25.0 Å². The zero-order valence-corrected chi connectivity index (χ0v) is 17.0. The Bertz CT molecular complexity index is 1360. The van der Waals surface area contributed by atoms with Crippen LogP contribution in [0.1, 0.15) is 31.2 Å². The van der Waals surface area contributed by atoms with Crippen molar-refractivity contribution in [3.63, 3.8) is 0 Å². The molecule has 166 valence electrons. The number of nitrogens with zero attached hydrogens (tertiary/aromatic N) is 2. The lowest BCUT2D eigenvalue weighted by Crippen LogP contribution is -2.42.